The second kappa shape index (κ2) is 7.13. The maximum Gasteiger partial charge on any atom is 0.231 e. The Morgan fingerprint density at radius 1 is 0.812 bits per heavy atom. The lowest BCUT2D eigenvalue weighted by Crippen LogP contribution is -1.98. The average Bonchev–Trinajstić information content (AvgIpc) is 3.33. The summed E-state index contributed by atoms with van der Waals surface area (Å²) in [6, 6.07) is 30.2. The van der Waals surface area contributed by atoms with Crippen molar-refractivity contribution in [2.75, 3.05) is 7.11 Å². The van der Waals surface area contributed by atoms with Gasteiger partial charge in [-0.3, -0.25) is 4.79 Å². The Morgan fingerprint density at radius 2 is 1.59 bits per heavy atom. The molecule has 32 heavy (non-hydrogen) atoms. The SMILES string of the molecule is COc1ccc2c(c1)O/C(=C/c1ccc3c(c1)c1ccccc1n3-c1ccccc1)C2=O. The van der Waals surface area contributed by atoms with Gasteiger partial charge in [-0.05, 0) is 54.1 Å². The summed E-state index contributed by atoms with van der Waals surface area (Å²) >= 11 is 0. The van der Waals surface area contributed by atoms with Crippen molar-refractivity contribution in [3.8, 4) is 17.2 Å². The lowest BCUT2D eigenvalue weighted by atomic mass is 10.1. The first-order valence-corrected chi connectivity index (χ1v) is 10.4. The molecule has 4 nitrogen and oxygen atoms in total. The van der Waals surface area contributed by atoms with Crippen molar-refractivity contribution < 1.29 is 14.3 Å². The summed E-state index contributed by atoms with van der Waals surface area (Å²) in [5, 5.41) is 2.29. The predicted molar refractivity (Wildman–Crippen MR) is 127 cm³/mol. The van der Waals surface area contributed by atoms with Gasteiger partial charge in [-0.2, -0.15) is 0 Å². The van der Waals surface area contributed by atoms with Gasteiger partial charge in [0.15, 0.2) is 5.76 Å². The van der Waals surface area contributed by atoms with E-state index in [1.807, 2.05) is 30.3 Å². The van der Waals surface area contributed by atoms with Crippen LogP contribution in [0.2, 0.25) is 0 Å². The number of aromatic nitrogens is 1. The molecule has 1 aliphatic heterocycles. The third-order valence-corrected chi connectivity index (χ3v) is 5.89. The van der Waals surface area contributed by atoms with E-state index >= 15 is 0 Å². The molecule has 4 aromatic carbocycles. The number of Topliss-reactive ketones (excluding diaryl/α,β-unsaturated/α-hetero) is 1. The lowest BCUT2D eigenvalue weighted by Gasteiger charge is -2.07. The van der Waals surface area contributed by atoms with E-state index in [9.17, 15) is 4.79 Å². The van der Waals surface area contributed by atoms with Crippen molar-refractivity contribution in [3.63, 3.8) is 0 Å². The van der Waals surface area contributed by atoms with Crippen LogP contribution in [0.15, 0.2) is 96.8 Å². The highest BCUT2D eigenvalue weighted by atomic mass is 16.5. The van der Waals surface area contributed by atoms with E-state index in [4.69, 9.17) is 9.47 Å². The van der Waals surface area contributed by atoms with Crippen LogP contribution in [0.1, 0.15) is 15.9 Å². The number of rotatable bonds is 3. The summed E-state index contributed by atoms with van der Waals surface area (Å²) in [5.41, 5.74) is 4.84. The number of ether oxygens (including phenoxy) is 2. The van der Waals surface area contributed by atoms with E-state index in [-0.39, 0.29) is 5.78 Å². The van der Waals surface area contributed by atoms with E-state index in [2.05, 4.69) is 53.1 Å². The van der Waals surface area contributed by atoms with Crippen molar-refractivity contribution in [3.05, 3.63) is 108 Å². The number of benzene rings is 4. The molecule has 4 heteroatoms. The molecule has 0 amide bonds. The first kappa shape index (κ1) is 18.5. The molecular formula is C28H19NO3. The van der Waals surface area contributed by atoms with E-state index in [1.54, 1.807) is 25.3 Å². The highest BCUT2D eigenvalue weighted by Crippen LogP contribution is 2.36. The molecule has 0 saturated heterocycles. The molecule has 2 heterocycles. The van der Waals surface area contributed by atoms with Crippen LogP contribution in [0.25, 0.3) is 33.6 Å². The molecule has 154 valence electrons. The van der Waals surface area contributed by atoms with Gasteiger partial charge in [-0.1, -0.05) is 42.5 Å². The van der Waals surface area contributed by atoms with Crippen LogP contribution in [-0.4, -0.2) is 17.5 Å². The van der Waals surface area contributed by atoms with Gasteiger partial charge in [0.05, 0.1) is 23.7 Å². The fourth-order valence-corrected chi connectivity index (χ4v) is 4.38. The van der Waals surface area contributed by atoms with Crippen LogP contribution in [-0.2, 0) is 0 Å². The Labute approximate surface area is 184 Å². The molecule has 1 aromatic heterocycles. The fraction of sp³-hybridized carbons (Fsp3) is 0.0357. The molecule has 0 N–H and O–H groups in total. The van der Waals surface area contributed by atoms with E-state index < -0.39 is 0 Å². The van der Waals surface area contributed by atoms with E-state index in [0.29, 0.717) is 22.8 Å². The first-order valence-electron chi connectivity index (χ1n) is 10.4. The van der Waals surface area contributed by atoms with Crippen molar-refractivity contribution in [1.82, 2.24) is 4.57 Å². The van der Waals surface area contributed by atoms with Crippen molar-refractivity contribution >= 4 is 33.7 Å². The molecule has 0 aliphatic carbocycles. The molecule has 0 spiro atoms. The standard InChI is InChI=1S/C28H19NO3/c1-31-20-12-13-22-26(17-20)32-27(28(22)30)16-18-11-14-25-23(15-18)21-9-5-6-10-24(21)29(25)19-7-3-2-4-8-19/h2-17H,1H3/b27-16+. The summed E-state index contributed by atoms with van der Waals surface area (Å²) in [5.74, 6) is 1.39. The lowest BCUT2D eigenvalue weighted by molar-refractivity contribution is 0.101. The minimum Gasteiger partial charge on any atom is -0.497 e. The van der Waals surface area contributed by atoms with Crippen LogP contribution < -0.4 is 9.47 Å². The second-order valence-corrected chi connectivity index (χ2v) is 7.77. The van der Waals surface area contributed by atoms with Gasteiger partial charge >= 0.3 is 0 Å². The van der Waals surface area contributed by atoms with Crippen molar-refractivity contribution in [2.24, 2.45) is 0 Å². The molecule has 0 fully saturated rings. The van der Waals surface area contributed by atoms with Gasteiger partial charge in [0.25, 0.3) is 0 Å². The Morgan fingerprint density at radius 3 is 2.44 bits per heavy atom. The monoisotopic (exact) mass is 417 g/mol. The Kier molecular flexibility index (Phi) is 4.12. The van der Waals surface area contributed by atoms with Gasteiger partial charge in [-0.25, -0.2) is 0 Å². The number of hydrogen-bond donors (Lipinski definition) is 0. The minimum absolute atomic E-state index is 0.116. The van der Waals surface area contributed by atoms with Crippen LogP contribution >= 0.6 is 0 Å². The Balaban J connectivity index is 1.49. The van der Waals surface area contributed by atoms with Crippen LogP contribution in [0.3, 0.4) is 0 Å². The van der Waals surface area contributed by atoms with Gasteiger partial charge in [0, 0.05) is 22.5 Å². The number of carbonyl (C=O) groups is 1. The molecule has 5 aromatic rings. The van der Waals surface area contributed by atoms with Gasteiger partial charge in [0.2, 0.25) is 5.78 Å². The third kappa shape index (κ3) is 2.81. The maximum atomic E-state index is 12.8. The zero-order valence-electron chi connectivity index (χ0n) is 17.4. The predicted octanol–water partition coefficient (Wildman–Crippen LogP) is 6.41. The number of methoxy groups -OCH3 is 1. The summed E-state index contributed by atoms with van der Waals surface area (Å²) in [6.45, 7) is 0. The highest BCUT2D eigenvalue weighted by Gasteiger charge is 2.27. The highest BCUT2D eigenvalue weighted by molar-refractivity contribution is 6.15. The molecule has 0 radical (unpaired) electrons. The van der Waals surface area contributed by atoms with Gasteiger partial charge < -0.3 is 14.0 Å². The van der Waals surface area contributed by atoms with Crippen LogP contribution in [0, 0.1) is 0 Å². The number of ketones is 1. The molecule has 0 atom stereocenters. The number of hydrogen-bond acceptors (Lipinski definition) is 3. The largest absolute Gasteiger partial charge is 0.497 e. The Hall–Kier alpha value is -4.31. The number of carbonyl (C=O) groups excluding carboxylic acids is 1. The Bertz CT molecular complexity index is 1540. The van der Waals surface area contributed by atoms with Crippen molar-refractivity contribution in [2.45, 2.75) is 0 Å². The average molecular weight is 417 g/mol. The van der Waals surface area contributed by atoms with E-state index in [0.717, 1.165) is 27.7 Å². The fourth-order valence-electron chi connectivity index (χ4n) is 4.38. The summed E-state index contributed by atoms with van der Waals surface area (Å²) in [7, 11) is 1.59. The molecular weight excluding hydrogens is 398 g/mol. The summed E-state index contributed by atoms with van der Waals surface area (Å²) < 4.78 is 13.4. The van der Waals surface area contributed by atoms with E-state index in [1.165, 1.54) is 5.39 Å². The topological polar surface area (TPSA) is 40.5 Å². The number of nitrogens with zero attached hydrogens (tertiary/aromatic N) is 1. The smallest absolute Gasteiger partial charge is 0.231 e. The normalized spacial score (nSPS) is 14.2. The number of allylic oxidation sites excluding steroid dienone is 1. The summed E-state index contributed by atoms with van der Waals surface area (Å²) in [6.07, 6.45) is 1.81. The van der Waals surface area contributed by atoms with Gasteiger partial charge in [0.1, 0.15) is 11.5 Å². The quantitative estimate of drug-likeness (QED) is 0.319. The molecule has 0 unspecified atom stereocenters. The molecule has 6 rings (SSSR count). The number of fused-ring (bicyclic) bond motifs is 4. The first-order chi connectivity index (χ1) is 15.7. The zero-order chi connectivity index (χ0) is 21.7. The maximum absolute atomic E-state index is 12.8. The van der Waals surface area contributed by atoms with Crippen molar-refractivity contribution in [1.29, 1.82) is 0 Å². The molecule has 0 saturated carbocycles. The zero-order valence-corrected chi connectivity index (χ0v) is 17.4. The van der Waals surface area contributed by atoms with Crippen LogP contribution in [0.4, 0.5) is 0 Å². The third-order valence-electron chi connectivity index (χ3n) is 5.89. The summed E-state index contributed by atoms with van der Waals surface area (Å²) in [4.78, 5) is 12.8. The minimum atomic E-state index is -0.116. The van der Waals surface area contributed by atoms with Crippen LogP contribution in [0.5, 0.6) is 11.5 Å². The molecule has 1 aliphatic rings. The number of para-hydroxylation sites is 2. The second-order valence-electron chi connectivity index (χ2n) is 7.77. The van der Waals surface area contributed by atoms with Gasteiger partial charge in [-0.15, -0.1) is 0 Å². The molecule has 0 bridgehead atoms.